The van der Waals surface area contributed by atoms with E-state index in [2.05, 4.69) is 56.3 Å². The van der Waals surface area contributed by atoms with Crippen molar-refractivity contribution in [2.75, 3.05) is 0 Å². The maximum atomic E-state index is 2.27. The molecule has 0 radical (unpaired) electrons. The van der Waals surface area contributed by atoms with Gasteiger partial charge in [0.1, 0.15) is 0 Å². The third-order valence-electron chi connectivity index (χ3n) is 2.68. The van der Waals surface area contributed by atoms with Crippen molar-refractivity contribution in [1.29, 1.82) is 0 Å². The van der Waals surface area contributed by atoms with E-state index in [1.807, 2.05) is 0 Å². The molecular weight excluding hydrogens is 168 g/mol. The van der Waals surface area contributed by atoms with Crippen molar-refractivity contribution in [3.8, 4) is 0 Å². The van der Waals surface area contributed by atoms with E-state index in [0.717, 1.165) is 6.42 Å². The van der Waals surface area contributed by atoms with Crippen molar-refractivity contribution in [1.82, 2.24) is 0 Å². The van der Waals surface area contributed by atoms with Crippen molar-refractivity contribution in [3.05, 3.63) is 53.6 Å². The normalized spacial score (nSPS) is 14.9. The highest BCUT2D eigenvalue weighted by Crippen LogP contribution is 2.23. The van der Waals surface area contributed by atoms with Crippen molar-refractivity contribution < 1.29 is 0 Å². The molecule has 0 heteroatoms. The molecule has 72 valence electrons. The van der Waals surface area contributed by atoms with Gasteiger partial charge in [0.2, 0.25) is 0 Å². The fourth-order valence-electron chi connectivity index (χ4n) is 1.73. The maximum absolute atomic E-state index is 2.27. The van der Waals surface area contributed by atoms with E-state index in [0.29, 0.717) is 5.92 Å². The Bertz CT molecular complexity index is 364. The van der Waals surface area contributed by atoms with Gasteiger partial charge in [0.05, 0.1) is 0 Å². The molecule has 0 unspecified atom stereocenters. The highest BCUT2D eigenvalue weighted by atomic mass is 14.1. The summed E-state index contributed by atoms with van der Waals surface area (Å²) in [5, 5.41) is 0. The van der Waals surface area contributed by atoms with Crippen LogP contribution in [-0.2, 0) is 0 Å². The molecule has 0 fully saturated rings. The summed E-state index contributed by atoms with van der Waals surface area (Å²) in [6.45, 7) is 4.45. The third kappa shape index (κ3) is 1.79. The Hall–Kier alpha value is -1.30. The average Bonchev–Trinajstić information content (AvgIpc) is 2.71. The summed E-state index contributed by atoms with van der Waals surface area (Å²) in [4.78, 5) is 0. The van der Waals surface area contributed by atoms with Gasteiger partial charge in [-0.3, -0.25) is 0 Å². The molecule has 0 N–H and O–H groups in total. The van der Waals surface area contributed by atoms with Crippen LogP contribution in [0, 0.1) is 0 Å². The molecule has 0 spiro atoms. The number of rotatable bonds is 2. The van der Waals surface area contributed by atoms with Crippen molar-refractivity contribution >= 4 is 5.57 Å². The number of hydrogen-bond donors (Lipinski definition) is 0. The minimum atomic E-state index is 0.622. The van der Waals surface area contributed by atoms with Gasteiger partial charge in [-0.05, 0) is 29.0 Å². The van der Waals surface area contributed by atoms with Gasteiger partial charge in [-0.1, -0.05) is 56.3 Å². The van der Waals surface area contributed by atoms with Crippen LogP contribution in [0.1, 0.15) is 37.3 Å². The van der Waals surface area contributed by atoms with Gasteiger partial charge >= 0.3 is 0 Å². The summed E-state index contributed by atoms with van der Waals surface area (Å²) in [6, 6.07) is 8.90. The van der Waals surface area contributed by atoms with E-state index in [-0.39, 0.29) is 0 Å². The Morgan fingerprint density at radius 3 is 2.29 bits per heavy atom. The quantitative estimate of drug-likeness (QED) is 0.647. The van der Waals surface area contributed by atoms with E-state index in [1.165, 1.54) is 16.7 Å². The minimum Gasteiger partial charge on any atom is -0.0801 e. The molecule has 0 amide bonds. The first-order chi connectivity index (χ1) is 6.77. The predicted octanol–water partition coefficient (Wildman–Crippen LogP) is 4.15. The molecule has 0 saturated carbocycles. The number of hydrogen-bond acceptors (Lipinski definition) is 0. The molecule has 0 aliphatic heterocycles. The van der Waals surface area contributed by atoms with Crippen LogP contribution in [0.25, 0.3) is 5.57 Å². The Morgan fingerprint density at radius 2 is 1.79 bits per heavy atom. The molecule has 1 aromatic rings. The summed E-state index contributed by atoms with van der Waals surface area (Å²) in [5.74, 6) is 0.622. The summed E-state index contributed by atoms with van der Waals surface area (Å²) < 4.78 is 0. The van der Waals surface area contributed by atoms with Crippen LogP contribution in [0.2, 0.25) is 0 Å². The summed E-state index contributed by atoms with van der Waals surface area (Å²) in [7, 11) is 0. The van der Waals surface area contributed by atoms with Crippen LogP contribution in [0.5, 0.6) is 0 Å². The average molecular weight is 184 g/mol. The fourth-order valence-corrected chi connectivity index (χ4v) is 1.73. The SMILES string of the molecule is CC(C)c1ccc(C2=CCC=C2)cc1. The van der Waals surface area contributed by atoms with Crippen LogP contribution in [0.3, 0.4) is 0 Å². The summed E-state index contributed by atoms with van der Waals surface area (Å²) >= 11 is 0. The third-order valence-corrected chi connectivity index (χ3v) is 2.68. The molecule has 0 atom stereocenters. The largest absolute Gasteiger partial charge is 0.0801 e. The first kappa shape index (κ1) is 9.26. The van der Waals surface area contributed by atoms with E-state index >= 15 is 0 Å². The maximum Gasteiger partial charge on any atom is -0.0157 e. The molecule has 1 aromatic carbocycles. The van der Waals surface area contributed by atoms with Gasteiger partial charge < -0.3 is 0 Å². The van der Waals surface area contributed by atoms with E-state index in [9.17, 15) is 0 Å². The Labute approximate surface area is 86.0 Å². The second-order valence-electron chi connectivity index (χ2n) is 4.07. The van der Waals surface area contributed by atoms with Crippen molar-refractivity contribution in [2.45, 2.75) is 26.2 Å². The van der Waals surface area contributed by atoms with Gasteiger partial charge in [0.25, 0.3) is 0 Å². The van der Waals surface area contributed by atoms with Crippen molar-refractivity contribution in [3.63, 3.8) is 0 Å². The Balaban J connectivity index is 2.26. The first-order valence-corrected chi connectivity index (χ1v) is 5.24. The van der Waals surface area contributed by atoms with Crippen LogP contribution < -0.4 is 0 Å². The lowest BCUT2D eigenvalue weighted by Crippen LogP contribution is -1.87. The lowest BCUT2D eigenvalue weighted by molar-refractivity contribution is 0.866. The van der Waals surface area contributed by atoms with E-state index < -0.39 is 0 Å². The number of benzene rings is 1. The molecular formula is C14H16. The van der Waals surface area contributed by atoms with Gasteiger partial charge in [0.15, 0.2) is 0 Å². The molecule has 2 rings (SSSR count). The van der Waals surface area contributed by atoms with Crippen LogP contribution in [0.4, 0.5) is 0 Å². The zero-order valence-electron chi connectivity index (χ0n) is 8.83. The predicted molar refractivity (Wildman–Crippen MR) is 62.3 cm³/mol. The highest BCUT2D eigenvalue weighted by Gasteiger charge is 2.02. The van der Waals surface area contributed by atoms with Gasteiger partial charge in [-0.25, -0.2) is 0 Å². The lowest BCUT2D eigenvalue weighted by atomic mass is 9.99. The van der Waals surface area contributed by atoms with Gasteiger partial charge in [-0.15, -0.1) is 0 Å². The topological polar surface area (TPSA) is 0 Å². The molecule has 0 heterocycles. The standard InChI is InChI=1S/C14H16/c1-11(2)12-7-9-14(10-8-12)13-5-3-4-6-13/h3,5-11H,4H2,1-2H3. The van der Waals surface area contributed by atoms with E-state index in [4.69, 9.17) is 0 Å². The number of allylic oxidation sites excluding steroid dienone is 4. The zero-order valence-corrected chi connectivity index (χ0v) is 8.83. The monoisotopic (exact) mass is 184 g/mol. The van der Waals surface area contributed by atoms with Crippen LogP contribution in [-0.4, -0.2) is 0 Å². The smallest absolute Gasteiger partial charge is 0.0157 e. The van der Waals surface area contributed by atoms with Gasteiger partial charge in [0, 0.05) is 0 Å². The molecule has 0 saturated heterocycles. The minimum absolute atomic E-state index is 0.622. The first-order valence-electron chi connectivity index (χ1n) is 5.24. The second kappa shape index (κ2) is 3.83. The summed E-state index contributed by atoms with van der Waals surface area (Å²) in [5.41, 5.74) is 4.11. The zero-order chi connectivity index (χ0) is 9.97. The molecule has 14 heavy (non-hydrogen) atoms. The molecule has 0 bridgehead atoms. The van der Waals surface area contributed by atoms with Crippen molar-refractivity contribution in [2.24, 2.45) is 0 Å². The second-order valence-corrected chi connectivity index (χ2v) is 4.07. The summed E-state index contributed by atoms with van der Waals surface area (Å²) in [6.07, 6.45) is 7.75. The molecule has 1 aliphatic rings. The van der Waals surface area contributed by atoms with Gasteiger partial charge in [-0.2, -0.15) is 0 Å². The Morgan fingerprint density at radius 1 is 1.07 bits per heavy atom. The lowest BCUT2D eigenvalue weighted by Gasteiger charge is -2.06. The fraction of sp³-hybridized carbons (Fsp3) is 0.286. The highest BCUT2D eigenvalue weighted by molar-refractivity contribution is 5.76. The van der Waals surface area contributed by atoms with E-state index in [1.54, 1.807) is 0 Å². The molecule has 1 aliphatic carbocycles. The molecule has 0 nitrogen and oxygen atoms in total. The van der Waals surface area contributed by atoms with Crippen LogP contribution in [0.15, 0.2) is 42.5 Å². The Kier molecular flexibility index (Phi) is 2.53. The van der Waals surface area contributed by atoms with Crippen LogP contribution >= 0.6 is 0 Å². The molecule has 0 aromatic heterocycles.